The van der Waals surface area contributed by atoms with E-state index in [0.717, 1.165) is 50.1 Å². The van der Waals surface area contributed by atoms with Crippen LogP contribution in [0.1, 0.15) is 25.0 Å². The molecule has 0 aliphatic heterocycles. The molecule has 0 saturated heterocycles. The largest absolute Gasteiger partial charge is 0.456 e. The van der Waals surface area contributed by atoms with Gasteiger partial charge in [-0.25, -0.2) is 0 Å². The molecule has 1 aliphatic carbocycles. The number of furan rings is 1. The molecule has 10 aromatic carbocycles. The number of para-hydroxylation sites is 1. The maximum Gasteiger partial charge on any atom is 0.136 e. The number of rotatable bonds is 6. The molecule has 12 rings (SSSR count). The third kappa shape index (κ3) is 5.49. The number of fused-ring (bicyclic) bond motifs is 9. The van der Waals surface area contributed by atoms with E-state index in [2.05, 4.69) is 225 Å². The van der Waals surface area contributed by atoms with Gasteiger partial charge in [-0.05, 0) is 120 Å². The highest BCUT2D eigenvalue weighted by molar-refractivity contribution is 6.16. The van der Waals surface area contributed by atoms with E-state index in [4.69, 9.17) is 4.42 Å². The van der Waals surface area contributed by atoms with Gasteiger partial charge in [0.25, 0.3) is 0 Å². The normalized spacial score (nSPS) is 12.9. The highest BCUT2D eigenvalue weighted by Crippen LogP contribution is 2.53. The second kappa shape index (κ2) is 13.7. The van der Waals surface area contributed by atoms with Crippen LogP contribution in [0, 0.1) is 0 Å². The third-order valence-corrected chi connectivity index (χ3v) is 13.1. The van der Waals surface area contributed by atoms with Crippen LogP contribution < -0.4 is 4.90 Å². The first kappa shape index (κ1) is 35.3. The van der Waals surface area contributed by atoms with E-state index in [1.165, 1.54) is 66.1 Å². The molecule has 0 unspecified atom stereocenters. The number of nitrogens with zero attached hydrogens (tertiary/aromatic N) is 1. The Morgan fingerprint density at radius 3 is 1.85 bits per heavy atom. The summed E-state index contributed by atoms with van der Waals surface area (Å²) in [5.41, 5.74) is 17.4. The molecule has 0 spiro atoms. The van der Waals surface area contributed by atoms with Crippen LogP contribution in [0.4, 0.5) is 17.1 Å². The summed E-state index contributed by atoms with van der Waals surface area (Å²) in [5, 5.41) is 7.27. The van der Waals surface area contributed by atoms with Crippen molar-refractivity contribution >= 4 is 60.5 Å². The SMILES string of the molecule is CC1(C)c2ccccc2-c2ccc(N(c3ccc(-c4cccc5oc6ccccc6c45)cc3)c3cccc(-c4cc5ccccc5c5ccccc45)c3-c3ccccc3)cc21. The molecule has 0 N–H and O–H groups in total. The predicted molar refractivity (Wildman–Crippen MR) is 257 cm³/mol. The molecule has 1 heterocycles. The first-order valence-corrected chi connectivity index (χ1v) is 21.2. The maximum absolute atomic E-state index is 6.31. The zero-order chi connectivity index (χ0) is 40.7. The van der Waals surface area contributed by atoms with Crippen molar-refractivity contribution in [1.82, 2.24) is 0 Å². The molecule has 0 bridgehead atoms. The zero-order valence-corrected chi connectivity index (χ0v) is 34.1. The van der Waals surface area contributed by atoms with Crippen molar-refractivity contribution in [2.75, 3.05) is 4.90 Å². The summed E-state index contributed by atoms with van der Waals surface area (Å²) in [4.78, 5) is 2.48. The van der Waals surface area contributed by atoms with Crippen LogP contribution in [-0.2, 0) is 5.41 Å². The Hall–Kier alpha value is -7.68. The average Bonchev–Trinajstić information content (AvgIpc) is 3.81. The first-order valence-electron chi connectivity index (χ1n) is 21.2. The van der Waals surface area contributed by atoms with Crippen molar-refractivity contribution in [3.05, 3.63) is 223 Å². The second-order valence-electron chi connectivity index (χ2n) is 16.8. The lowest BCUT2D eigenvalue weighted by atomic mass is 9.82. The Bertz CT molecular complexity index is 3500. The molecule has 0 saturated carbocycles. The highest BCUT2D eigenvalue weighted by Gasteiger charge is 2.36. The first-order chi connectivity index (χ1) is 30.0. The molecule has 288 valence electrons. The fourth-order valence-electron chi connectivity index (χ4n) is 10.2. The fourth-order valence-corrected chi connectivity index (χ4v) is 10.2. The summed E-state index contributed by atoms with van der Waals surface area (Å²) in [7, 11) is 0. The Balaban J connectivity index is 1.11. The van der Waals surface area contributed by atoms with Gasteiger partial charge in [-0.3, -0.25) is 0 Å². The summed E-state index contributed by atoms with van der Waals surface area (Å²) >= 11 is 0. The highest BCUT2D eigenvalue weighted by atomic mass is 16.3. The molecule has 1 aromatic heterocycles. The van der Waals surface area contributed by atoms with E-state index >= 15 is 0 Å². The molecule has 0 atom stereocenters. The van der Waals surface area contributed by atoms with Crippen molar-refractivity contribution in [3.8, 4) is 44.5 Å². The van der Waals surface area contributed by atoms with E-state index in [1.807, 2.05) is 6.07 Å². The van der Waals surface area contributed by atoms with Crippen LogP contribution in [0.2, 0.25) is 0 Å². The molecule has 2 nitrogen and oxygen atoms in total. The molecule has 11 aromatic rings. The van der Waals surface area contributed by atoms with Crippen LogP contribution in [0.5, 0.6) is 0 Å². The van der Waals surface area contributed by atoms with Crippen molar-refractivity contribution < 1.29 is 4.42 Å². The van der Waals surface area contributed by atoms with Crippen LogP contribution in [-0.4, -0.2) is 0 Å². The third-order valence-electron chi connectivity index (χ3n) is 13.1. The molecule has 0 amide bonds. The monoisotopic (exact) mass is 779 g/mol. The lowest BCUT2D eigenvalue weighted by Crippen LogP contribution is -2.17. The van der Waals surface area contributed by atoms with Gasteiger partial charge in [0, 0.05) is 33.1 Å². The maximum atomic E-state index is 6.31. The Kier molecular flexibility index (Phi) is 7.92. The standard InChI is InChI=1S/C59H41NO/c1-59(2)52-26-12-10-22-47(52)48-35-34-42(37-53(48)59)60(41-32-30-38(31-33-41)44-24-15-29-56-58(44)50-23-11-13-28-55(50)61-56)54-27-14-25-49(57(54)39-16-4-3-5-17-39)51-36-40-18-6-7-19-43(40)45-20-8-9-21-46(45)51/h3-37H,1-2H3. The van der Waals surface area contributed by atoms with Gasteiger partial charge >= 0.3 is 0 Å². The summed E-state index contributed by atoms with van der Waals surface area (Å²) < 4.78 is 6.31. The molecular formula is C59H41NO. The van der Waals surface area contributed by atoms with Crippen LogP contribution >= 0.6 is 0 Å². The van der Waals surface area contributed by atoms with Gasteiger partial charge < -0.3 is 9.32 Å². The molecule has 1 aliphatic rings. The van der Waals surface area contributed by atoms with Gasteiger partial charge in [-0.1, -0.05) is 178 Å². The summed E-state index contributed by atoms with van der Waals surface area (Å²) in [6, 6.07) is 77.6. The van der Waals surface area contributed by atoms with Crippen LogP contribution in [0.25, 0.3) is 88.0 Å². The topological polar surface area (TPSA) is 16.4 Å². The van der Waals surface area contributed by atoms with Gasteiger partial charge in [0.1, 0.15) is 11.2 Å². The van der Waals surface area contributed by atoms with E-state index < -0.39 is 0 Å². The zero-order valence-electron chi connectivity index (χ0n) is 34.1. The lowest BCUT2D eigenvalue weighted by Gasteiger charge is -2.31. The molecular weight excluding hydrogens is 739 g/mol. The smallest absolute Gasteiger partial charge is 0.136 e. The average molecular weight is 780 g/mol. The number of anilines is 3. The summed E-state index contributed by atoms with van der Waals surface area (Å²) in [5.74, 6) is 0. The van der Waals surface area contributed by atoms with E-state index in [1.54, 1.807) is 0 Å². The van der Waals surface area contributed by atoms with E-state index in [-0.39, 0.29) is 5.41 Å². The number of hydrogen-bond donors (Lipinski definition) is 0. The van der Waals surface area contributed by atoms with Gasteiger partial charge in [0.15, 0.2) is 0 Å². The van der Waals surface area contributed by atoms with Gasteiger partial charge in [0.05, 0.1) is 5.69 Å². The number of benzene rings is 10. The minimum Gasteiger partial charge on any atom is -0.456 e. The van der Waals surface area contributed by atoms with Gasteiger partial charge in [-0.15, -0.1) is 0 Å². The number of hydrogen-bond acceptors (Lipinski definition) is 2. The Morgan fingerprint density at radius 1 is 0.377 bits per heavy atom. The van der Waals surface area contributed by atoms with Crippen LogP contribution in [0.15, 0.2) is 217 Å². The predicted octanol–water partition coefficient (Wildman–Crippen LogP) is 16.7. The van der Waals surface area contributed by atoms with Crippen molar-refractivity contribution in [2.45, 2.75) is 19.3 Å². The molecule has 0 radical (unpaired) electrons. The quantitative estimate of drug-likeness (QED) is 0.156. The minimum atomic E-state index is -0.155. The van der Waals surface area contributed by atoms with Gasteiger partial charge in [-0.2, -0.15) is 0 Å². The van der Waals surface area contributed by atoms with Crippen LogP contribution in [0.3, 0.4) is 0 Å². The minimum absolute atomic E-state index is 0.155. The molecule has 0 fully saturated rings. The van der Waals surface area contributed by atoms with Crippen molar-refractivity contribution in [1.29, 1.82) is 0 Å². The lowest BCUT2D eigenvalue weighted by molar-refractivity contribution is 0.660. The molecule has 61 heavy (non-hydrogen) atoms. The summed E-state index contributed by atoms with van der Waals surface area (Å²) in [6.07, 6.45) is 0. The van der Waals surface area contributed by atoms with E-state index in [9.17, 15) is 0 Å². The van der Waals surface area contributed by atoms with Crippen molar-refractivity contribution in [2.24, 2.45) is 0 Å². The second-order valence-corrected chi connectivity index (χ2v) is 16.8. The van der Waals surface area contributed by atoms with Crippen molar-refractivity contribution in [3.63, 3.8) is 0 Å². The van der Waals surface area contributed by atoms with E-state index in [0.29, 0.717) is 0 Å². The molecule has 2 heteroatoms. The summed E-state index contributed by atoms with van der Waals surface area (Å²) in [6.45, 7) is 4.73. The van der Waals surface area contributed by atoms with Gasteiger partial charge in [0.2, 0.25) is 0 Å². The Morgan fingerprint density at radius 2 is 1.00 bits per heavy atom. The Labute approximate surface area is 355 Å². The fraction of sp³-hybridized carbons (Fsp3) is 0.0508.